The van der Waals surface area contributed by atoms with Crippen molar-refractivity contribution in [3.05, 3.63) is 65.8 Å². The Hall–Kier alpha value is 3.91. The van der Waals surface area contributed by atoms with Gasteiger partial charge >= 0.3 is 141 Å². The van der Waals surface area contributed by atoms with Crippen LogP contribution in [-0.2, 0) is 65.9 Å². The fraction of sp³-hybridized carbons (Fsp3) is 0.588. The molecule has 0 aromatic carbocycles. The second kappa shape index (κ2) is 90.0. The molecule has 2 rings (SSSR count). The Morgan fingerprint density at radius 3 is 1.30 bits per heavy atom. The van der Waals surface area contributed by atoms with Crippen molar-refractivity contribution in [3.8, 4) is 0 Å². The van der Waals surface area contributed by atoms with Crippen LogP contribution in [0.15, 0.2) is 22.7 Å². The van der Waals surface area contributed by atoms with E-state index in [4.69, 9.17) is 92.4 Å². The second-order valence-electron chi connectivity index (χ2n) is 4.54. The van der Waals surface area contributed by atoms with Gasteiger partial charge < -0.3 is 48.3 Å². The molecule has 2 heterocycles. The minimum atomic E-state index is -0.472. The Morgan fingerprint density at radius 1 is 0.973 bits per heavy atom. The number of aromatic nitrogens is 1. The molecule has 37 heavy (non-hydrogen) atoms. The Balaban J connectivity index is -0.0000000231. The minimum Gasteiger partial charge on any atom is -0.693 e. The molecule has 0 atom stereocenters. The molecule has 0 saturated carbocycles. The predicted molar refractivity (Wildman–Crippen MR) is 165 cm³/mol. The smallest absolute Gasteiger partial charge is 0.0791 e. The first-order valence-electron chi connectivity index (χ1n) is 7.59. The van der Waals surface area contributed by atoms with Crippen molar-refractivity contribution in [2.45, 2.75) is 47.5 Å². The molecule has 1 saturated heterocycles. The van der Waals surface area contributed by atoms with Crippen molar-refractivity contribution in [1.29, 1.82) is 0 Å². The maximum absolute atomic E-state index is 7.98. The maximum Gasteiger partial charge on any atom is 0.0791 e. The van der Waals surface area contributed by atoms with E-state index < -0.39 is 65.9 Å². The average molecular weight is 1440 g/mol. The molecule has 1 aromatic heterocycles. The molecule has 1 fully saturated rings. The summed E-state index contributed by atoms with van der Waals surface area (Å²) in [5.74, 6) is 0. The summed E-state index contributed by atoms with van der Waals surface area (Å²) in [4.78, 5) is 3.74. The molecule has 0 unspecified atom stereocenters. The van der Waals surface area contributed by atoms with Crippen LogP contribution in [-0.4, -0.2) is 35.5 Å². The largest absolute Gasteiger partial charge is 0.693 e. The normalized spacial score (nSPS) is 9.08. The second-order valence-corrected chi connectivity index (χ2v) is 18.4. The van der Waals surface area contributed by atoms with E-state index in [-0.39, 0.29) is 39.9 Å². The van der Waals surface area contributed by atoms with Gasteiger partial charge in [0.05, 0.1) is 5.51 Å². The molecule has 0 aliphatic carbocycles. The number of nitrogens with two attached hydrogens (primary N) is 3. The number of halogens is 8. The van der Waals surface area contributed by atoms with Crippen molar-refractivity contribution in [2.24, 2.45) is 0 Å². The average Bonchev–Trinajstić information content (AvgIpc) is 3.32. The van der Waals surface area contributed by atoms with Gasteiger partial charge in [-0.15, -0.1) is 24.4 Å². The SMILES string of the molecule is C.C1CC[N-]CC1.CC(C)=[N-].[CH-]=C(C)CO.[CH3-].[Cl][Pt+2][Cl].[Cl][Pt+2][Cl].[Cl][Pt+2][Cl].[Cl][Pt][Cl].[NH2-].[NH2-].[NH2-].c1cscn1. The Labute approximate surface area is 297 Å². The summed E-state index contributed by atoms with van der Waals surface area (Å²) in [6.45, 7) is 12.2. The first-order valence-corrected chi connectivity index (χ1v) is 31.1. The fourth-order valence-corrected chi connectivity index (χ4v) is 1.26. The first kappa shape index (κ1) is 72.8. The van der Waals surface area contributed by atoms with Crippen LogP contribution in [0.5, 0.6) is 0 Å². The van der Waals surface area contributed by atoms with Crippen LogP contribution in [0, 0.1) is 14.0 Å². The Bertz CT molecular complexity index is 373. The van der Waals surface area contributed by atoms with Crippen LogP contribution < -0.4 is 0 Å². The predicted octanol–water partition coefficient (Wildman–Crippen LogP) is 12.8. The third-order valence-electron chi connectivity index (χ3n) is 1.73. The zero-order valence-corrected chi connectivity index (χ0v) is 35.7. The van der Waals surface area contributed by atoms with Crippen molar-refractivity contribution in [3.63, 3.8) is 0 Å². The van der Waals surface area contributed by atoms with Crippen molar-refractivity contribution >= 4 is 92.4 Å². The van der Waals surface area contributed by atoms with Gasteiger partial charge in [0, 0.05) is 18.2 Å². The first-order chi connectivity index (χ1) is 15.2. The minimum absolute atomic E-state index is 0. The molecule has 1 aromatic rings. The third-order valence-corrected chi connectivity index (χ3v) is 2.25. The summed E-state index contributed by atoms with van der Waals surface area (Å²) in [5, 5.41) is 22.1. The molecule has 20 heteroatoms. The summed E-state index contributed by atoms with van der Waals surface area (Å²) in [7, 11) is 39.0. The van der Waals surface area contributed by atoms with E-state index in [1.807, 2.05) is 5.38 Å². The summed E-state index contributed by atoms with van der Waals surface area (Å²) in [5.41, 5.74) is 2.77. The maximum atomic E-state index is 7.98. The molecular formula is C17H39Cl8N6OPt4S-. The van der Waals surface area contributed by atoms with Gasteiger partial charge in [0.25, 0.3) is 0 Å². The number of thiazole rings is 1. The van der Waals surface area contributed by atoms with Gasteiger partial charge in [0.15, 0.2) is 0 Å². The third kappa shape index (κ3) is 201. The molecule has 7 N–H and O–H groups in total. The van der Waals surface area contributed by atoms with Crippen LogP contribution in [0.3, 0.4) is 0 Å². The number of aliphatic hydroxyl groups is 1. The fourth-order valence-electron chi connectivity index (χ4n) is 0.911. The number of rotatable bonds is 1. The van der Waals surface area contributed by atoms with E-state index in [1.165, 1.54) is 19.3 Å². The van der Waals surface area contributed by atoms with Crippen molar-refractivity contribution in [2.75, 3.05) is 19.7 Å². The summed E-state index contributed by atoms with van der Waals surface area (Å²) in [6.07, 6.45) is 5.84. The zero-order chi connectivity index (χ0) is 26.5. The zero-order valence-electron chi connectivity index (χ0n) is 19.8. The van der Waals surface area contributed by atoms with Crippen molar-refractivity contribution in [1.82, 2.24) is 4.98 Å². The van der Waals surface area contributed by atoms with Gasteiger partial charge in [-0.2, -0.15) is 0 Å². The van der Waals surface area contributed by atoms with E-state index in [9.17, 15) is 0 Å². The monoisotopic (exact) mass is 1430 g/mol. The number of nitrogens with zero attached hydrogens (tertiary/aromatic N) is 3. The Morgan fingerprint density at radius 2 is 1.24 bits per heavy atom. The Kier molecular flexibility index (Phi) is 177. The van der Waals surface area contributed by atoms with Gasteiger partial charge in [-0.1, -0.05) is 47.5 Å². The van der Waals surface area contributed by atoms with Crippen molar-refractivity contribution < 1.29 is 71.0 Å². The van der Waals surface area contributed by atoms with Crippen LogP contribution in [0.1, 0.15) is 47.5 Å². The topological polar surface area (TPSA) is 170 Å². The molecule has 0 bridgehead atoms. The van der Waals surface area contributed by atoms with Gasteiger partial charge in [0.2, 0.25) is 0 Å². The molecule has 7 nitrogen and oxygen atoms in total. The van der Waals surface area contributed by atoms with Crippen LogP contribution in [0.4, 0.5) is 0 Å². The molecule has 1 aliphatic heterocycles. The number of piperidine rings is 1. The van der Waals surface area contributed by atoms with Crippen LogP contribution >= 0.6 is 86.7 Å². The molecule has 0 radical (unpaired) electrons. The van der Waals surface area contributed by atoms with E-state index in [2.05, 4.69) is 10.3 Å². The van der Waals surface area contributed by atoms with Gasteiger partial charge in [-0.3, -0.25) is 4.98 Å². The van der Waals surface area contributed by atoms with E-state index >= 15 is 0 Å². The number of aliphatic hydroxyl groups excluding tert-OH is 1. The summed E-state index contributed by atoms with van der Waals surface area (Å²) in [6, 6.07) is 0. The van der Waals surface area contributed by atoms with Crippen LogP contribution in [0.25, 0.3) is 29.2 Å². The van der Waals surface area contributed by atoms with E-state index in [0.717, 1.165) is 13.1 Å². The quantitative estimate of drug-likeness (QED) is 0.218. The molecule has 246 valence electrons. The van der Waals surface area contributed by atoms with E-state index in [1.54, 1.807) is 43.8 Å². The number of hydrogen-bond acceptors (Lipinski definition) is 3. The molecular weight excluding hydrogens is 1400 g/mol. The van der Waals surface area contributed by atoms with Gasteiger partial charge in [0.1, 0.15) is 0 Å². The molecule has 1 aliphatic rings. The standard InChI is InChI=1S/C5H10N.C4H7O.C3H3NS.C3H6N.CH4.CH3.8ClH.3H2N.4Pt/c1-2-4-6-5-3-1;1-4(2)3-5;1-2-5-3-4-1;1-3(2)4;;;;;;;;;;;;;;;;;/h1-5H2;1,5H,3H2,2H3;1-3H;1-2H3;1H4;1H3;8*1H;3*1H2;;;;/q2*-1;;-1;;-1;;;;;;;;;3*-1;+2;3*+4/p-8. The molecule has 0 spiro atoms. The van der Waals surface area contributed by atoms with Crippen LogP contribution in [0.2, 0.25) is 0 Å². The number of hydrogen-bond donors (Lipinski definition) is 1. The summed E-state index contributed by atoms with van der Waals surface area (Å²) < 4.78 is 0. The van der Waals surface area contributed by atoms with Gasteiger partial charge in [-0.25, -0.2) is 11.3 Å². The molecule has 0 amide bonds. The van der Waals surface area contributed by atoms with E-state index in [0.29, 0.717) is 11.3 Å². The summed E-state index contributed by atoms with van der Waals surface area (Å²) >= 11 is -0.287. The van der Waals surface area contributed by atoms with Gasteiger partial charge in [-0.05, 0) is 0 Å².